The van der Waals surface area contributed by atoms with Crippen LogP contribution in [-0.4, -0.2) is 19.0 Å². The van der Waals surface area contributed by atoms with Crippen molar-refractivity contribution >= 4 is 23.2 Å². The van der Waals surface area contributed by atoms with Gasteiger partial charge in [0.25, 0.3) is 0 Å². The van der Waals surface area contributed by atoms with E-state index in [2.05, 4.69) is 10.6 Å². The lowest BCUT2D eigenvalue weighted by Gasteiger charge is -2.22. The number of carbonyl (C=O) groups excluding carboxylic acids is 1. The monoisotopic (exact) mass is 252 g/mol. The van der Waals surface area contributed by atoms with Crippen LogP contribution in [0.4, 0.5) is 5.69 Å². The Labute approximate surface area is 107 Å². The molecule has 1 amide bonds. The number of piperidine rings is 1. The zero-order valence-corrected chi connectivity index (χ0v) is 10.7. The molecule has 1 fully saturated rings. The second-order valence-electron chi connectivity index (χ2n) is 4.50. The van der Waals surface area contributed by atoms with Gasteiger partial charge in [0.05, 0.1) is 5.92 Å². The van der Waals surface area contributed by atoms with Gasteiger partial charge in [0.15, 0.2) is 0 Å². The minimum absolute atomic E-state index is 0.0730. The maximum Gasteiger partial charge on any atom is 0.228 e. The van der Waals surface area contributed by atoms with Crippen molar-refractivity contribution in [2.24, 2.45) is 5.92 Å². The Morgan fingerprint density at radius 2 is 2.35 bits per heavy atom. The zero-order valence-electron chi connectivity index (χ0n) is 9.92. The Morgan fingerprint density at radius 1 is 1.53 bits per heavy atom. The summed E-state index contributed by atoms with van der Waals surface area (Å²) in [7, 11) is 0. The Morgan fingerprint density at radius 3 is 3.00 bits per heavy atom. The van der Waals surface area contributed by atoms with Gasteiger partial charge in [-0.1, -0.05) is 17.7 Å². The molecule has 1 aromatic rings. The molecule has 0 unspecified atom stereocenters. The van der Waals surface area contributed by atoms with Crippen LogP contribution in [0, 0.1) is 12.8 Å². The molecule has 92 valence electrons. The topological polar surface area (TPSA) is 41.1 Å². The van der Waals surface area contributed by atoms with Crippen molar-refractivity contribution < 1.29 is 4.79 Å². The van der Waals surface area contributed by atoms with Gasteiger partial charge < -0.3 is 10.6 Å². The van der Waals surface area contributed by atoms with Crippen molar-refractivity contribution in [2.45, 2.75) is 19.8 Å². The summed E-state index contributed by atoms with van der Waals surface area (Å²) in [6, 6.07) is 5.59. The maximum absolute atomic E-state index is 12.0. The van der Waals surface area contributed by atoms with Crippen molar-refractivity contribution in [1.29, 1.82) is 0 Å². The fraction of sp³-hybridized carbons (Fsp3) is 0.462. The molecule has 2 rings (SSSR count). The predicted molar refractivity (Wildman–Crippen MR) is 70.4 cm³/mol. The standard InChI is InChI=1S/C13H17ClN2O/c1-9-4-5-11(7-12(9)14)16-13(17)10-3-2-6-15-8-10/h4-5,7,10,15H,2-3,6,8H2,1H3,(H,16,17)/t10-/m0/s1. The van der Waals surface area contributed by atoms with E-state index in [1.54, 1.807) is 6.07 Å². The number of hydrogen-bond acceptors (Lipinski definition) is 2. The first-order valence-electron chi connectivity index (χ1n) is 5.94. The normalized spacial score (nSPS) is 20.0. The van der Waals surface area contributed by atoms with Gasteiger partial charge in [0, 0.05) is 17.3 Å². The van der Waals surface area contributed by atoms with E-state index < -0.39 is 0 Å². The molecule has 3 nitrogen and oxygen atoms in total. The number of anilines is 1. The fourth-order valence-corrected chi connectivity index (χ4v) is 2.17. The highest BCUT2D eigenvalue weighted by Crippen LogP contribution is 2.21. The molecule has 1 saturated heterocycles. The third-order valence-corrected chi connectivity index (χ3v) is 3.51. The second kappa shape index (κ2) is 5.52. The van der Waals surface area contributed by atoms with Crippen LogP contribution in [0.5, 0.6) is 0 Å². The summed E-state index contributed by atoms with van der Waals surface area (Å²) in [5, 5.41) is 6.84. The highest BCUT2D eigenvalue weighted by molar-refractivity contribution is 6.31. The van der Waals surface area contributed by atoms with Gasteiger partial charge in [-0.3, -0.25) is 4.79 Å². The number of rotatable bonds is 2. The Kier molecular flexibility index (Phi) is 4.02. The molecule has 1 aliphatic rings. The maximum atomic E-state index is 12.0. The van der Waals surface area contributed by atoms with Gasteiger partial charge in [0.1, 0.15) is 0 Å². The summed E-state index contributed by atoms with van der Waals surface area (Å²) in [5.74, 6) is 0.154. The fourth-order valence-electron chi connectivity index (χ4n) is 1.99. The minimum atomic E-state index is 0.0730. The smallest absolute Gasteiger partial charge is 0.228 e. The number of halogens is 1. The molecule has 4 heteroatoms. The Hall–Kier alpha value is -1.06. The highest BCUT2D eigenvalue weighted by atomic mass is 35.5. The van der Waals surface area contributed by atoms with Crippen LogP contribution in [0.25, 0.3) is 0 Å². The lowest BCUT2D eigenvalue weighted by atomic mass is 9.99. The van der Waals surface area contributed by atoms with E-state index in [0.717, 1.165) is 37.2 Å². The average molecular weight is 253 g/mol. The van der Waals surface area contributed by atoms with E-state index in [0.29, 0.717) is 5.02 Å². The Bertz CT molecular complexity index is 414. The van der Waals surface area contributed by atoms with Gasteiger partial charge in [-0.05, 0) is 44.0 Å². The van der Waals surface area contributed by atoms with E-state index in [4.69, 9.17) is 11.6 Å². The number of aryl methyl sites for hydroxylation is 1. The summed E-state index contributed by atoms with van der Waals surface area (Å²) in [6.07, 6.45) is 2.02. The van der Waals surface area contributed by atoms with Crippen LogP contribution >= 0.6 is 11.6 Å². The summed E-state index contributed by atoms with van der Waals surface area (Å²) >= 11 is 6.02. The first-order valence-corrected chi connectivity index (χ1v) is 6.32. The van der Waals surface area contributed by atoms with Crippen LogP contribution in [0.3, 0.4) is 0 Å². The zero-order chi connectivity index (χ0) is 12.3. The van der Waals surface area contributed by atoms with Crippen LogP contribution in [0.2, 0.25) is 5.02 Å². The molecular formula is C13H17ClN2O. The molecule has 1 heterocycles. The van der Waals surface area contributed by atoms with Crippen LogP contribution < -0.4 is 10.6 Å². The summed E-state index contributed by atoms with van der Waals surface area (Å²) in [6.45, 7) is 3.73. The predicted octanol–water partition coefficient (Wildman–Crippen LogP) is 2.59. The third kappa shape index (κ3) is 3.20. The second-order valence-corrected chi connectivity index (χ2v) is 4.90. The molecule has 1 aromatic carbocycles. The molecule has 0 aromatic heterocycles. The molecular weight excluding hydrogens is 236 g/mol. The average Bonchev–Trinajstić information content (AvgIpc) is 2.35. The van der Waals surface area contributed by atoms with Gasteiger partial charge >= 0.3 is 0 Å². The SMILES string of the molecule is Cc1ccc(NC(=O)[C@H]2CCCNC2)cc1Cl. The molecule has 0 radical (unpaired) electrons. The summed E-state index contributed by atoms with van der Waals surface area (Å²) in [5.41, 5.74) is 1.79. The van der Waals surface area contributed by atoms with E-state index in [9.17, 15) is 4.79 Å². The van der Waals surface area contributed by atoms with Crippen molar-refractivity contribution in [1.82, 2.24) is 5.32 Å². The largest absolute Gasteiger partial charge is 0.326 e. The number of hydrogen-bond donors (Lipinski definition) is 2. The van der Waals surface area contributed by atoms with Crippen molar-refractivity contribution in [2.75, 3.05) is 18.4 Å². The molecule has 0 aliphatic carbocycles. The molecule has 0 bridgehead atoms. The van der Waals surface area contributed by atoms with E-state index in [1.807, 2.05) is 19.1 Å². The lowest BCUT2D eigenvalue weighted by molar-refractivity contribution is -0.120. The minimum Gasteiger partial charge on any atom is -0.326 e. The molecule has 0 saturated carbocycles. The van der Waals surface area contributed by atoms with Crippen molar-refractivity contribution in [3.8, 4) is 0 Å². The van der Waals surface area contributed by atoms with Gasteiger partial charge in [-0.15, -0.1) is 0 Å². The number of benzene rings is 1. The third-order valence-electron chi connectivity index (χ3n) is 3.11. The first-order chi connectivity index (χ1) is 8.16. The number of nitrogens with one attached hydrogen (secondary N) is 2. The Balaban J connectivity index is 1.99. The quantitative estimate of drug-likeness (QED) is 0.850. The number of carbonyl (C=O) groups is 1. The molecule has 2 N–H and O–H groups in total. The lowest BCUT2D eigenvalue weighted by Crippen LogP contribution is -2.37. The van der Waals surface area contributed by atoms with Crippen molar-refractivity contribution in [3.05, 3.63) is 28.8 Å². The molecule has 17 heavy (non-hydrogen) atoms. The van der Waals surface area contributed by atoms with E-state index >= 15 is 0 Å². The van der Waals surface area contributed by atoms with E-state index in [1.165, 1.54) is 0 Å². The van der Waals surface area contributed by atoms with Crippen LogP contribution in [-0.2, 0) is 4.79 Å². The highest BCUT2D eigenvalue weighted by Gasteiger charge is 2.20. The van der Waals surface area contributed by atoms with Crippen molar-refractivity contribution in [3.63, 3.8) is 0 Å². The van der Waals surface area contributed by atoms with Gasteiger partial charge in [-0.25, -0.2) is 0 Å². The van der Waals surface area contributed by atoms with E-state index in [-0.39, 0.29) is 11.8 Å². The van der Waals surface area contributed by atoms with Crippen LogP contribution in [0.15, 0.2) is 18.2 Å². The summed E-state index contributed by atoms with van der Waals surface area (Å²) < 4.78 is 0. The van der Waals surface area contributed by atoms with Gasteiger partial charge in [0.2, 0.25) is 5.91 Å². The first kappa shape index (κ1) is 12.4. The molecule has 1 aliphatic heterocycles. The number of amides is 1. The molecule has 0 spiro atoms. The molecule has 1 atom stereocenters. The van der Waals surface area contributed by atoms with Gasteiger partial charge in [-0.2, -0.15) is 0 Å². The van der Waals surface area contributed by atoms with Crippen LogP contribution in [0.1, 0.15) is 18.4 Å². The summed E-state index contributed by atoms with van der Waals surface area (Å²) in [4.78, 5) is 12.0.